The van der Waals surface area contributed by atoms with Crippen molar-refractivity contribution in [2.45, 2.75) is 0 Å². The minimum absolute atomic E-state index is 0.504. The van der Waals surface area contributed by atoms with Gasteiger partial charge in [0.1, 0.15) is 5.52 Å². The molecule has 1 N–H and O–H groups in total. The Morgan fingerprint density at radius 3 is 3.00 bits per heavy atom. The molecule has 98 valence electrons. The molecular formula is C12H7N5OS2. The second-order valence-electron chi connectivity index (χ2n) is 4.07. The zero-order valence-corrected chi connectivity index (χ0v) is 11.6. The fourth-order valence-corrected chi connectivity index (χ4v) is 3.00. The molecule has 0 bridgehead atoms. The minimum Gasteiger partial charge on any atom is -0.265 e. The zero-order chi connectivity index (χ0) is 13.5. The molecule has 20 heavy (non-hydrogen) atoms. The molecule has 0 radical (unpaired) electrons. The number of aromatic amines is 1. The van der Waals surface area contributed by atoms with Gasteiger partial charge >= 0.3 is 0 Å². The molecule has 8 heteroatoms. The van der Waals surface area contributed by atoms with Crippen LogP contribution in [0, 0.1) is 4.77 Å². The van der Waals surface area contributed by atoms with Gasteiger partial charge in [0.15, 0.2) is 16.1 Å². The third-order valence-electron chi connectivity index (χ3n) is 2.92. The van der Waals surface area contributed by atoms with E-state index in [0.29, 0.717) is 15.8 Å². The fourth-order valence-electron chi connectivity index (χ4n) is 2.06. The Balaban J connectivity index is 2.06. The molecule has 4 rings (SSSR count). The second kappa shape index (κ2) is 4.36. The molecule has 0 aliphatic carbocycles. The lowest BCUT2D eigenvalue weighted by Crippen LogP contribution is -1.97. The largest absolute Gasteiger partial charge is 0.265 e. The van der Waals surface area contributed by atoms with Gasteiger partial charge in [-0.3, -0.25) is 9.67 Å². The molecule has 0 atom stereocenters. The molecule has 4 aromatic rings. The van der Waals surface area contributed by atoms with E-state index in [0.717, 1.165) is 16.4 Å². The van der Waals surface area contributed by atoms with Gasteiger partial charge in [-0.25, -0.2) is 4.63 Å². The van der Waals surface area contributed by atoms with E-state index in [1.807, 2.05) is 40.3 Å². The number of hydrogen-bond donors (Lipinski definition) is 1. The summed E-state index contributed by atoms with van der Waals surface area (Å²) in [7, 11) is 0. The van der Waals surface area contributed by atoms with Crippen molar-refractivity contribution < 1.29 is 4.63 Å². The molecule has 0 saturated carbocycles. The first-order chi connectivity index (χ1) is 9.84. The number of aromatic nitrogens is 5. The van der Waals surface area contributed by atoms with Crippen molar-refractivity contribution in [3.05, 3.63) is 40.5 Å². The highest BCUT2D eigenvalue weighted by Gasteiger charge is 2.15. The Bertz CT molecular complexity index is 934. The minimum atomic E-state index is 0.504. The molecule has 0 unspecified atom stereocenters. The molecule has 3 heterocycles. The lowest BCUT2D eigenvalue weighted by atomic mass is 10.2. The second-order valence-corrected chi connectivity index (χ2v) is 5.41. The van der Waals surface area contributed by atoms with Gasteiger partial charge < -0.3 is 0 Å². The normalized spacial score (nSPS) is 11.2. The molecular weight excluding hydrogens is 294 g/mol. The number of thiophene rings is 1. The van der Waals surface area contributed by atoms with Gasteiger partial charge in [-0.1, -0.05) is 12.1 Å². The van der Waals surface area contributed by atoms with E-state index in [1.165, 1.54) is 0 Å². The van der Waals surface area contributed by atoms with Gasteiger partial charge in [0, 0.05) is 0 Å². The predicted octanol–water partition coefficient (Wildman–Crippen LogP) is 3.19. The summed E-state index contributed by atoms with van der Waals surface area (Å²) < 4.78 is 7.14. The first kappa shape index (κ1) is 11.5. The van der Waals surface area contributed by atoms with Crippen LogP contribution in [0.5, 0.6) is 0 Å². The van der Waals surface area contributed by atoms with Crippen molar-refractivity contribution in [3.8, 4) is 16.4 Å². The van der Waals surface area contributed by atoms with Gasteiger partial charge in [-0.2, -0.15) is 5.10 Å². The van der Waals surface area contributed by atoms with E-state index in [2.05, 4.69) is 20.5 Å². The number of fused-ring (bicyclic) bond motifs is 1. The number of hydrogen-bond acceptors (Lipinski definition) is 6. The van der Waals surface area contributed by atoms with Crippen LogP contribution < -0.4 is 0 Å². The number of rotatable bonds is 2. The van der Waals surface area contributed by atoms with Gasteiger partial charge in [-0.05, 0) is 46.1 Å². The van der Waals surface area contributed by atoms with Crippen LogP contribution in [0.1, 0.15) is 0 Å². The van der Waals surface area contributed by atoms with Crippen molar-refractivity contribution in [1.29, 1.82) is 0 Å². The zero-order valence-electron chi connectivity index (χ0n) is 9.98. The first-order valence-electron chi connectivity index (χ1n) is 5.77. The van der Waals surface area contributed by atoms with E-state index in [4.69, 9.17) is 16.8 Å². The average molecular weight is 301 g/mol. The van der Waals surface area contributed by atoms with Crippen molar-refractivity contribution >= 4 is 34.6 Å². The van der Waals surface area contributed by atoms with Crippen LogP contribution in [0.25, 0.3) is 27.4 Å². The summed E-state index contributed by atoms with van der Waals surface area (Å²) in [6, 6.07) is 9.60. The molecule has 3 aromatic heterocycles. The summed E-state index contributed by atoms with van der Waals surface area (Å²) in [4.78, 5) is 1.02. The van der Waals surface area contributed by atoms with E-state index in [-0.39, 0.29) is 0 Å². The number of nitrogens with one attached hydrogen (secondary N) is 1. The van der Waals surface area contributed by atoms with Gasteiger partial charge in [0.25, 0.3) is 0 Å². The lowest BCUT2D eigenvalue weighted by molar-refractivity contribution is 0.315. The highest BCUT2D eigenvalue weighted by Crippen LogP contribution is 2.28. The van der Waals surface area contributed by atoms with Crippen LogP contribution in [0.15, 0.2) is 40.3 Å². The smallest absolute Gasteiger partial charge is 0.200 e. The highest BCUT2D eigenvalue weighted by atomic mass is 32.1. The SMILES string of the molecule is S=c1[nH]nc(-c2cccs2)n1-c1cccc2nonc12. The summed E-state index contributed by atoms with van der Waals surface area (Å²) in [5.74, 6) is 0.750. The maximum Gasteiger partial charge on any atom is 0.200 e. The summed E-state index contributed by atoms with van der Waals surface area (Å²) in [6.07, 6.45) is 0. The Kier molecular flexibility index (Phi) is 2.51. The maximum atomic E-state index is 5.34. The molecule has 0 amide bonds. The third-order valence-corrected chi connectivity index (χ3v) is 4.06. The Hall–Kier alpha value is -2.32. The monoisotopic (exact) mass is 301 g/mol. The standard InChI is InChI=1S/C12H7N5OS2/c19-12-14-13-11(9-5-2-6-20-9)17(12)8-4-1-3-7-10(8)16-18-15-7/h1-6H,(H,14,19). The van der Waals surface area contributed by atoms with E-state index < -0.39 is 0 Å². The quantitative estimate of drug-likeness (QED) is 0.576. The van der Waals surface area contributed by atoms with Crippen molar-refractivity contribution in [2.24, 2.45) is 0 Å². The summed E-state index contributed by atoms with van der Waals surface area (Å²) in [5, 5.41) is 16.9. The molecule has 6 nitrogen and oxygen atoms in total. The number of benzene rings is 1. The average Bonchev–Trinajstić information content (AvgIpc) is 3.18. The van der Waals surface area contributed by atoms with E-state index in [1.54, 1.807) is 11.3 Å². The molecule has 0 fully saturated rings. The molecule has 1 aromatic carbocycles. The lowest BCUT2D eigenvalue weighted by Gasteiger charge is -2.05. The summed E-state index contributed by atoms with van der Waals surface area (Å²) in [5.41, 5.74) is 2.14. The number of H-pyrrole nitrogens is 1. The van der Waals surface area contributed by atoms with E-state index in [9.17, 15) is 0 Å². The van der Waals surface area contributed by atoms with Crippen LogP contribution in [0.4, 0.5) is 0 Å². The maximum absolute atomic E-state index is 5.34. The van der Waals surface area contributed by atoms with Gasteiger partial charge in [0.05, 0.1) is 10.6 Å². The predicted molar refractivity (Wildman–Crippen MR) is 77.4 cm³/mol. The van der Waals surface area contributed by atoms with Gasteiger partial charge in [0.2, 0.25) is 0 Å². The molecule has 0 aliphatic heterocycles. The van der Waals surface area contributed by atoms with Crippen molar-refractivity contribution in [2.75, 3.05) is 0 Å². The Morgan fingerprint density at radius 1 is 1.20 bits per heavy atom. The highest BCUT2D eigenvalue weighted by molar-refractivity contribution is 7.71. The van der Waals surface area contributed by atoms with Crippen molar-refractivity contribution in [1.82, 2.24) is 25.1 Å². The van der Waals surface area contributed by atoms with Crippen molar-refractivity contribution in [3.63, 3.8) is 0 Å². The first-order valence-corrected chi connectivity index (χ1v) is 7.06. The van der Waals surface area contributed by atoms with Crippen LogP contribution in [-0.2, 0) is 0 Å². The number of nitrogens with zero attached hydrogens (tertiary/aromatic N) is 4. The Labute approximate surface area is 121 Å². The van der Waals surface area contributed by atoms with Crippen LogP contribution in [0.2, 0.25) is 0 Å². The van der Waals surface area contributed by atoms with Crippen LogP contribution >= 0.6 is 23.6 Å². The summed E-state index contributed by atoms with van der Waals surface area (Å²) in [6.45, 7) is 0. The van der Waals surface area contributed by atoms with Crippen LogP contribution in [0.3, 0.4) is 0 Å². The van der Waals surface area contributed by atoms with E-state index >= 15 is 0 Å². The fraction of sp³-hybridized carbons (Fsp3) is 0. The Morgan fingerprint density at radius 2 is 2.15 bits per heavy atom. The third kappa shape index (κ3) is 1.62. The molecule has 0 saturated heterocycles. The topological polar surface area (TPSA) is 72.5 Å². The summed E-state index contributed by atoms with van der Waals surface area (Å²) >= 11 is 6.93. The van der Waals surface area contributed by atoms with Crippen LogP contribution in [-0.4, -0.2) is 25.1 Å². The molecule has 0 spiro atoms. The van der Waals surface area contributed by atoms with Gasteiger partial charge in [-0.15, -0.1) is 11.3 Å². The molecule has 0 aliphatic rings.